The molecule has 14 heteroatoms. The second kappa shape index (κ2) is 13.9. The monoisotopic (exact) mass is 755 g/mol. The van der Waals surface area contributed by atoms with Crippen molar-refractivity contribution < 1.29 is 34.6 Å². The molecule has 0 N–H and O–H groups in total. The number of nitriles is 2. The van der Waals surface area contributed by atoms with E-state index < -0.39 is 44.4 Å². The van der Waals surface area contributed by atoms with Crippen molar-refractivity contribution in [3.63, 3.8) is 0 Å². The molecule has 29 heavy (non-hydrogen) atoms. The predicted octanol–water partition coefficient (Wildman–Crippen LogP) is 7.59. The molecule has 0 aromatic heterocycles. The van der Waals surface area contributed by atoms with Crippen LogP contribution >= 0.6 is 91.6 Å². The molecule has 0 saturated carbocycles. The van der Waals surface area contributed by atoms with E-state index in [1.54, 1.807) is 45.2 Å². The Hall–Kier alpha value is -0.231. The van der Waals surface area contributed by atoms with Gasteiger partial charge in [-0.15, -0.1) is 0 Å². The van der Waals surface area contributed by atoms with Crippen LogP contribution in [-0.4, -0.2) is 0 Å². The van der Waals surface area contributed by atoms with Crippen molar-refractivity contribution >= 4 is 91.6 Å². The van der Waals surface area contributed by atoms with Crippen molar-refractivity contribution in [2.75, 3.05) is 0 Å². The molecular formula is C15Cl4CuF4I2N3. The van der Waals surface area contributed by atoms with Gasteiger partial charge in [0.1, 0.15) is 23.3 Å². The average Bonchev–Trinajstić information content (AvgIpc) is 2.71. The first-order valence-corrected chi connectivity index (χ1v) is 9.73. The van der Waals surface area contributed by atoms with Crippen LogP contribution in [0.5, 0.6) is 0 Å². The number of hydrogen-bond acceptors (Lipinski definition) is 3. The van der Waals surface area contributed by atoms with Crippen LogP contribution in [0.2, 0.25) is 20.1 Å². The van der Waals surface area contributed by atoms with E-state index in [1.165, 1.54) is 12.1 Å². The molecule has 0 aliphatic carbocycles. The molecule has 2 aromatic rings. The van der Waals surface area contributed by atoms with Crippen LogP contribution in [0.15, 0.2) is 0 Å². The molecule has 0 heterocycles. The van der Waals surface area contributed by atoms with E-state index in [0.717, 1.165) is 0 Å². The van der Waals surface area contributed by atoms with Gasteiger partial charge in [0.25, 0.3) is 0 Å². The second-order valence-electron chi connectivity index (χ2n) is 4.11. The second-order valence-corrected chi connectivity index (χ2v) is 7.78. The van der Waals surface area contributed by atoms with E-state index >= 15 is 0 Å². The molecule has 156 valence electrons. The van der Waals surface area contributed by atoms with E-state index in [-0.39, 0.29) is 34.3 Å². The predicted molar refractivity (Wildman–Crippen MR) is 113 cm³/mol. The number of benzene rings is 2. The van der Waals surface area contributed by atoms with E-state index in [1.807, 2.05) is 0 Å². The summed E-state index contributed by atoms with van der Waals surface area (Å²) in [6, 6.07) is 2.71. The van der Waals surface area contributed by atoms with Crippen LogP contribution in [0, 0.1) is 64.9 Å². The third-order valence-corrected chi connectivity index (χ3v) is 6.73. The number of hydrogen-bond donors (Lipinski definition) is 0. The maximum Gasteiger partial charge on any atom is 1.00 e. The Bertz CT molecular complexity index is 860. The maximum atomic E-state index is 13.1. The van der Waals surface area contributed by atoms with Gasteiger partial charge in [0.2, 0.25) is 0 Å². The summed E-state index contributed by atoms with van der Waals surface area (Å²) in [6.45, 7) is 4.75. The molecule has 0 radical (unpaired) electrons. The summed E-state index contributed by atoms with van der Waals surface area (Å²) in [5, 5.41) is 21.2. The largest absolute Gasteiger partial charge is 1.00 e. The average molecular weight is 757 g/mol. The summed E-state index contributed by atoms with van der Waals surface area (Å²) in [5.74, 6) is -3.71. The standard InChI is InChI=1S/C8Cl2F2N2.C6Cl2F2I2.CN.Cu/c9-5-3(1-13)7(11)6(10)4(2-14)8(5)12;7-1-3(9)6(12)2(8)4(10)5(1)11;1-2;/q;;-1;+1. The molecule has 0 aliphatic heterocycles. The van der Waals surface area contributed by atoms with Crippen molar-refractivity contribution in [1.29, 1.82) is 15.8 Å². The van der Waals surface area contributed by atoms with Gasteiger partial charge in [0.15, 0.2) is 23.3 Å². The SMILES string of the molecule is Fc1c(Cl)c(I)c(F)c(Cl)c1I.N#Cc1c(F)c(Cl)c(C#N)c(F)c1Cl.[C-]#N.[Cu+]. The molecule has 0 fully saturated rings. The van der Waals surface area contributed by atoms with Crippen LogP contribution < -0.4 is 0 Å². The Kier molecular flexibility index (Phi) is 14.9. The zero-order valence-corrected chi connectivity index (χ0v) is 21.2. The van der Waals surface area contributed by atoms with Crippen molar-refractivity contribution in [3.05, 3.63) is 68.2 Å². The van der Waals surface area contributed by atoms with E-state index in [4.69, 9.17) is 68.8 Å². The summed E-state index contributed by atoms with van der Waals surface area (Å²) in [6.07, 6.45) is 0. The van der Waals surface area contributed by atoms with Gasteiger partial charge in [0.05, 0.1) is 27.2 Å². The summed E-state index contributed by atoms with van der Waals surface area (Å²) < 4.78 is 52.4. The fraction of sp³-hybridized carbons (Fsp3) is 0. The maximum absolute atomic E-state index is 13.1. The Morgan fingerprint density at radius 3 is 1.07 bits per heavy atom. The summed E-state index contributed by atoms with van der Waals surface area (Å²) in [5.41, 5.74) is -1.40. The molecule has 0 unspecified atom stereocenters. The molecule has 0 amide bonds. The Labute approximate surface area is 220 Å². The third-order valence-electron chi connectivity index (χ3n) is 2.64. The van der Waals surface area contributed by atoms with Crippen molar-refractivity contribution in [2.45, 2.75) is 0 Å². The molecule has 0 bridgehead atoms. The minimum Gasteiger partial charge on any atom is -0.512 e. The van der Waals surface area contributed by atoms with Gasteiger partial charge in [-0.3, -0.25) is 0 Å². The van der Waals surface area contributed by atoms with Crippen LogP contribution in [0.3, 0.4) is 0 Å². The minimum absolute atomic E-state index is 0. The first kappa shape index (κ1) is 31.0. The normalized spacial score (nSPS) is 8.90. The topological polar surface area (TPSA) is 71.4 Å². The Morgan fingerprint density at radius 1 is 0.621 bits per heavy atom. The van der Waals surface area contributed by atoms with E-state index in [0.29, 0.717) is 0 Å². The zero-order valence-electron chi connectivity index (χ0n) is 12.9. The van der Waals surface area contributed by atoms with Gasteiger partial charge in [-0.2, -0.15) is 10.5 Å². The number of rotatable bonds is 0. The smallest absolute Gasteiger partial charge is 0.512 e. The van der Waals surface area contributed by atoms with Crippen LogP contribution in [0.25, 0.3) is 0 Å². The van der Waals surface area contributed by atoms with Crippen molar-refractivity contribution in [2.24, 2.45) is 0 Å². The van der Waals surface area contributed by atoms with E-state index in [9.17, 15) is 17.6 Å². The molecular weight excluding hydrogens is 757 g/mol. The molecule has 0 saturated heterocycles. The molecule has 3 nitrogen and oxygen atoms in total. The van der Waals surface area contributed by atoms with Gasteiger partial charge in [-0.1, -0.05) is 46.4 Å². The fourth-order valence-electron chi connectivity index (χ4n) is 1.41. The van der Waals surface area contributed by atoms with Crippen LogP contribution in [0.4, 0.5) is 17.6 Å². The first-order chi connectivity index (χ1) is 13.0. The summed E-state index contributed by atoms with van der Waals surface area (Å²) in [7, 11) is 0. The summed E-state index contributed by atoms with van der Waals surface area (Å²) in [4.78, 5) is 0. The number of halogens is 10. The molecule has 0 atom stereocenters. The molecule has 2 aromatic carbocycles. The van der Waals surface area contributed by atoms with Gasteiger partial charge in [0, 0.05) is 0 Å². The van der Waals surface area contributed by atoms with Crippen molar-refractivity contribution in [1.82, 2.24) is 0 Å². The molecule has 2 rings (SSSR count). The van der Waals surface area contributed by atoms with Crippen molar-refractivity contribution in [3.8, 4) is 12.1 Å². The quantitative estimate of drug-likeness (QED) is 0.0695. The Morgan fingerprint density at radius 2 is 0.862 bits per heavy atom. The zero-order chi connectivity index (χ0) is 22.3. The fourth-order valence-corrected chi connectivity index (χ4v) is 3.53. The van der Waals surface area contributed by atoms with Crippen LogP contribution in [0.1, 0.15) is 11.1 Å². The first-order valence-electron chi connectivity index (χ1n) is 6.06. The Balaban J connectivity index is 0. The number of nitrogens with zero attached hydrogens (tertiary/aromatic N) is 3. The summed E-state index contributed by atoms with van der Waals surface area (Å²) >= 11 is 24.8. The van der Waals surface area contributed by atoms with Crippen LogP contribution in [-0.2, 0) is 17.1 Å². The minimum atomic E-state index is -1.18. The van der Waals surface area contributed by atoms with Gasteiger partial charge >= 0.3 is 17.1 Å². The molecule has 0 aliphatic rings. The molecule has 0 spiro atoms. The van der Waals surface area contributed by atoms with Gasteiger partial charge in [-0.25, -0.2) is 17.6 Å². The third kappa shape index (κ3) is 6.88. The van der Waals surface area contributed by atoms with Gasteiger partial charge < -0.3 is 11.8 Å². The van der Waals surface area contributed by atoms with Gasteiger partial charge in [-0.05, 0) is 45.2 Å². The van der Waals surface area contributed by atoms with E-state index in [2.05, 4.69) is 0 Å².